The van der Waals surface area contributed by atoms with E-state index in [-0.39, 0.29) is 41.6 Å². The molecule has 0 radical (unpaired) electrons. The Morgan fingerprint density at radius 2 is 2.05 bits per heavy atom. The molecule has 8 heteroatoms. The summed E-state index contributed by atoms with van der Waals surface area (Å²) in [7, 11) is -2.34. The number of benzene rings is 1. The quantitative estimate of drug-likeness (QED) is 0.760. The topological polar surface area (TPSA) is 94.2 Å². The van der Waals surface area contributed by atoms with Gasteiger partial charge < -0.3 is 4.74 Å². The largest absolute Gasteiger partial charge is 0.383 e. The monoisotopic (exact) mass is 327 g/mol. The summed E-state index contributed by atoms with van der Waals surface area (Å²) in [5.74, 6) is 0. The molecular weight excluding hydrogens is 314 g/mol. The maximum atomic E-state index is 12.5. The number of methoxy groups -OCH3 is 1. The van der Waals surface area contributed by atoms with Crippen LogP contribution in [0.1, 0.15) is 12.0 Å². The SMILES string of the molecule is COCCN(CCC#N)S(=O)(=O)c1ccc(Cl)c(C#N)c1. The molecule has 6 nitrogen and oxygen atoms in total. The second kappa shape index (κ2) is 7.96. The third-order valence-corrected chi connectivity index (χ3v) is 4.94. The molecule has 112 valence electrons. The van der Waals surface area contributed by atoms with E-state index in [0.29, 0.717) is 0 Å². The first-order valence-corrected chi connectivity index (χ1v) is 7.85. The average Bonchev–Trinajstić information content (AvgIpc) is 2.47. The van der Waals surface area contributed by atoms with Crippen LogP contribution in [0.15, 0.2) is 23.1 Å². The van der Waals surface area contributed by atoms with Crippen LogP contribution in [0.3, 0.4) is 0 Å². The number of sulfonamides is 1. The Kier molecular flexibility index (Phi) is 6.60. The number of nitrogens with zero attached hydrogens (tertiary/aromatic N) is 3. The van der Waals surface area contributed by atoms with Crippen LogP contribution < -0.4 is 0 Å². The van der Waals surface area contributed by atoms with Crippen LogP contribution in [-0.2, 0) is 14.8 Å². The minimum absolute atomic E-state index is 0.0301. The predicted octanol–water partition coefficient (Wildman–Crippen LogP) is 1.76. The molecule has 0 amide bonds. The van der Waals surface area contributed by atoms with E-state index in [1.807, 2.05) is 12.1 Å². The van der Waals surface area contributed by atoms with Gasteiger partial charge in [-0.25, -0.2) is 8.42 Å². The lowest BCUT2D eigenvalue weighted by atomic mass is 10.2. The van der Waals surface area contributed by atoms with Crippen molar-refractivity contribution in [3.63, 3.8) is 0 Å². The van der Waals surface area contributed by atoms with E-state index in [9.17, 15) is 8.42 Å². The van der Waals surface area contributed by atoms with Crippen molar-refractivity contribution in [3.8, 4) is 12.1 Å². The number of ether oxygens (including phenoxy) is 1. The van der Waals surface area contributed by atoms with Gasteiger partial charge in [0.15, 0.2) is 0 Å². The molecule has 0 aliphatic rings. The van der Waals surface area contributed by atoms with Crippen molar-refractivity contribution >= 4 is 21.6 Å². The van der Waals surface area contributed by atoms with E-state index in [1.54, 1.807) is 0 Å². The van der Waals surface area contributed by atoms with Gasteiger partial charge in [0.1, 0.15) is 6.07 Å². The van der Waals surface area contributed by atoms with Gasteiger partial charge in [-0.15, -0.1) is 0 Å². The zero-order valence-corrected chi connectivity index (χ0v) is 13.0. The minimum Gasteiger partial charge on any atom is -0.383 e. The van der Waals surface area contributed by atoms with Crippen LogP contribution in [0.5, 0.6) is 0 Å². The fourth-order valence-electron chi connectivity index (χ4n) is 1.62. The van der Waals surface area contributed by atoms with E-state index in [0.717, 1.165) is 4.31 Å². The Balaban J connectivity index is 3.16. The summed E-state index contributed by atoms with van der Waals surface area (Å²) in [6.45, 7) is 0.404. The van der Waals surface area contributed by atoms with Crippen LogP contribution in [0.4, 0.5) is 0 Å². The van der Waals surface area contributed by atoms with Crippen molar-refractivity contribution in [3.05, 3.63) is 28.8 Å². The molecule has 0 aliphatic heterocycles. The van der Waals surface area contributed by atoms with Gasteiger partial charge in [0.05, 0.1) is 28.2 Å². The number of hydrogen-bond donors (Lipinski definition) is 0. The van der Waals surface area contributed by atoms with Crippen molar-refractivity contribution in [2.24, 2.45) is 0 Å². The lowest BCUT2D eigenvalue weighted by Crippen LogP contribution is -2.34. The van der Waals surface area contributed by atoms with Gasteiger partial charge in [-0.3, -0.25) is 0 Å². The molecule has 0 aliphatic carbocycles. The summed E-state index contributed by atoms with van der Waals surface area (Å²) in [5, 5.41) is 17.7. The first-order chi connectivity index (χ1) is 9.97. The Labute approximate surface area is 129 Å². The van der Waals surface area contributed by atoms with Gasteiger partial charge in [-0.2, -0.15) is 14.8 Å². The Hall–Kier alpha value is -1.64. The van der Waals surface area contributed by atoms with Gasteiger partial charge in [-0.1, -0.05) is 11.6 Å². The van der Waals surface area contributed by atoms with Gasteiger partial charge in [0.2, 0.25) is 10.0 Å². The van der Waals surface area contributed by atoms with Crippen LogP contribution in [0.2, 0.25) is 5.02 Å². The number of nitriles is 2. The molecule has 0 saturated carbocycles. The first-order valence-electron chi connectivity index (χ1n) is 6.03. The molecule has 1 aromatic carbocycles. The van der Waals surface area contributed by atoms with Gasteiger partial charge in [0, 0.05) is 26.6 Å². The molecule has 0 atom stereocenters. The van der Waals surface area contributed by atoms with Crippen molar-refractivity contribution < 1.29 is 13.2 Å². The summed E-state index contributed by atoms with van der Waals surface area (Å²) in [5.41, 5.74) is 0.0877. The highest BCUT2D eigenvalue weighted by molar-refractivity contribution is 7.89. The lowest BCUT2D eigenvalue weighted by Gasteiger charge is -2.21. The Morgan fingerprint density at radius 1 is 1.33 bits per heavy atom. The van der Waals surface area contributed by atoms with E-state index < -0.39 is 10.0 Å². The highest BCUT2D eigenvalue weighted by atomic mass is 35.5. The zero-order valence-electron chi connectivity index (χ0n) is 11.4. The smallest absolute Gasteiger partial charge is 0.243 e. The molecule has 0 N–H and O–H groups in total. The average molecular weight is 328 g/mol. The second-order valence-electron chi connectivity index (χ2n) is 4.06. The van der Waals surface area contributed by atoms with Crippen LogP contribution in [0, 0.1) is 22.7 Å². The standard InChI is InChI=1S/C13H14ClN3O3S/c1-20-8-7-17(6-2-5-15)21(18,19)12-3-4-13(14)11(9-12)10-16/h3-4,9H,2,6-8H2,1H3. The number of hydrogen-bond acceptors (Lipinski definition) is 5. The number of rotatable bonds is 7. The Bertz CT molecular complexity index is 677. The third kappa shape index (κ3) is 4.42. The van der Waals surface area contributed by atoms with E-state index in [1.165, 1.54) is 25.3 Å². The molecule has 0 spiro atoms. The van der Waals surface area contributed by atoms with Crippen molar-refractivity contribution in [1.29, 1.82) is 10.5 Å². The van der Waals surface area contributed by atoms with Crippen molar-refractivity contribution in [1.82, 2.24) is 4.31 Å². The van der Waals surface area contributed by atoms with Gasteiger partial charge in [-0.05, 0) is 18.2 Å². The maximum Gasteiger partial charge on any atom is 0.243 e. The molecule has 0 heterocycles. The fourth-order valence-corrected chi connectivity index (χ4v) is 3.23. The van der Waals surface area contributed by atoms with E-state index >= 15 is 0 Å². The highest BCUT2D eigenvalue weighted by Gasteiger charge is 2.24. The molecule has 0 aromatic heterocycles. The summed E-state index contributed by atoms with van der Waals surface area (Å²) < 4.78 is 31.1. The molecular formula is C13H14ClN3O3S. The molecule has 0 bridgehead atoms. The molecule has 0 fully saturated rings. The van der Waals surface area contributed by atoms with Crippen LogP contribution in [-0.4, -0.2) is 39.5 Å². The van der Waals surface area contributed by atoms with Gasteiger partial charge in [0.25, 0.3) is 0 Å². The zero-order chi connectivity index (χ0) is 15.9. The minimum atomic E-state index is -3.80. The summed E-state index contributed by atoms with van der Waals surface area (Å²) in [6, 6.07) is 7.68. The second-order valence-corrected chi connectivity index (χ2v) is 6.40. The molecule has 21 heavy (non-hydrogen) atoms. The summed E-state index contributed by atoms with van der Waals surface area (Å²) in [4.78, 5) is -0.0301. The predicted molar refractivity (Wildman–Crippen MR) is 77.0 cm³/mol. The van der Waals surface area contributed by atoms with Crippen LogP contribution in [0.25, 0.3) is 0 Å². The van der Waals surface area contributed by atoms with Gasteiger partial charge >= 0.3 is 0 Å². The normalized spacial score (nSPS) is 11.1. The van der Waals surface area contributed by atoms with Crippen LogP contribution >= 0.6 is 11.6 Å². The van der Waals surface area contributed by atoms with Crippen molar-refractivity contribution in [2.75, 3.05) is 26.8 Å². The summed E-state index contributed by atoms with van der Waals surface area (Å²) >= 11 is 5.80. The molecule has 1 rings (SSSR count). The Morgan fingerprint density at radius 3 is 2.62 bits per heavy atom. The number of halogens is 1. The molecule has 0 saturated heterocycles. The molecule has 0 unspecified atom stereocenters. The maximum absolute atomic E-state index is 12.5. The fraction of sp³-hybridized carbons (Fsp3) is 0.385. The lowest BCUT2D eigenvalue weighted by molar-refractivity contribution is 0.179. The molecule has 1 aromatic rings. The van der Waals surface area contributed by atoms with E-state index in [4.69, 9.17) is 26.9 Å². The van der Waals surface area contributed by atoms with E-state index in [2.05, 4.69) is 0 Å². The third-order valence-electron chi connectivity index (χ3n) is 2.71. The van der Waals surface area contributed by atoms with Crippen molar-refractivity contribution in [2.45, 2.75) is 11.3 Å². The highest BCUT2D eigenvalue weighted by Crippen LogP contribution is 2.22. The first kappa shape index (κ1) is 17.4. The summed E-state index contributed by atoms with van der Waals surface area (Å²) in [6.07, 6.45) is 0.0711.